The topological polar surface area (TPSA) is 79.5 Å². The molecule has 1 heterocycles. The van der Waals surface area contributed by atoms with E-state index < -0.39 is 23.2 Å². The van der Waals surface area contributed by atoms with Crippen molar-refractivity contribution in [1.82, 2.24) is 5.32 Å². The van der Waals surface area contributed by atoms with Crippen LogP contribution in [0.15, 0.2) is 28.7 Å². The SMILES string of the molecule is CCc1oc(C(=O)NC(C)(C)c2cccc(Cl)c2F)cc1C(=O)O. The molecule has 0 unspecified atom stereocenters. The molecule has 128 valence electrons. The predicted octanol–water partition coefficient (Wildman–Crippen LogP) is 4.00. The Morgan fingerprint density at radius 2 is 2.04 bits per heavy atom. The van der Waals surface area contributed by atoms with Crippen LogP contribution in [0.1, 0.15) is 53.0 Å². The number of rotatable bonds is 5. The largest absolute Gasteiger partial charge is 0.478 e. The van der Waals surface area contributed by atoms with Crippen molar-refractivity contribution in [3.8, 4) is 0 Å². The zero-order valence-electron chi connectivity index (χ0n) is 13.4. The first-order valence-corrected chi connectivity index (χ1v) is 7.68. The molecule has 0 aliphatic heterocycles. The van der Waals surface area contributed by atoms with E-state index in [9.17, 15) is 14.0 Å². The van der Waals surface area contributed by atoms with Gasteiger partial charge in [-0.1, -0.05) is 30.7 Å². The first kappa shape index (κ1) is 18.0. The standard InChI is InChI=1S/C17H17ClFNO4/c1-4-12-9(16(22)23)8-13(24-12)15(21)20-17(2,3)10-6-5-7-11(18)14(10)19/h5-8H,4H2,1-3H3,(H,20,21)(H,22,23). The molecule has 1 aromatic carbocycles. The smallest absolute Gasteiger partial charge is 0.339 e. The number of carboxylic acid groups (broad SMARTS) is 1. The maximum atomic E-state index is 14.2. The fraction of sp³-hybridized carbons (Fsp3) is 0.294. The lowest BCUT2D eigenvalue weighted by atomic mass is 9.93. The van der Waals surface area contributed by atoms with Crippen LogP contribution in [0, 0.1) is 5.82 Å². The Hall–Kier alpha value is -2.34. The molecule has 0 radical (unpaired) electrons. The van der Waals surface area contributed by atoms with E-state index in [1.807, 2.05) is 0 Å². The van der Waals surface area contributed by atoms with Gasteiger partial charge in [-0.15, -0.1) is 0 Å². The third-order valence-electron chi connectivity index (χ3n) is 3.64. The molecule has 0 bridgehead atoms. The summed E-state index contributed by atoms with van der Waals surface area (Å²) < 4.78 is 19.5. The number of hydrogen-bond donors (Lipinski definition) is 2. The summed E-state index contributed by atoms with van der Waals surface area (Å²) in [5, 5.41) is 11.7. The first-order chi connectivity index (χ1) is 11.2. The fourth-order valence-corrected chi connectivity index (χ4v) is 2.56. The molecular formula is C17H17ClFNO4. The number of carboxylic acids is 1. The molecule has 2 rings (SSSR count). The van der Waals surface area contributed by atoms with Crippen LogP contribution in [0.2, 0.25) is 5.02 Å². The van der Waals surface area contributed by atoms with Gasteiger partial charge in [0.15, 0.2) is 5.76 Å². The van der Waals surface area contributed by atoms with E-state index >= 15 is 0 Å². The van der Waals surface area contributed by atoms with Crippen molar-refractivity contribution in [3.05, 3.63) is 57.8 Å². The van der Waals surface area contributed by atoms with Gasteiger partial charge in [-0.3, -0.25) is 4.79 Å². The molecule has 0 saturated carbocycles. The Morgan fingerprint density at radius 1 is 1.38 bits per heavy atom. The number of aromatic carboxylic acids is 1. The molecular weight excluding hydrogens is 337 g/mol. The van der Waals surface area contributed by atoms with E-state index in [-0.39, 0.29) is 27.7 Å². The Labute approximate surface area is 143 Å². The zero-order valence-corrected chi connectivity index (χ0v) is 14.2. The zero-order chi connectivity index (χ0) is 18.1. The molecule has 0 aliphatic rings. The summed E-state index contributed by atoms with van der Waals surface area (Å²) in [5.41, 5.74) is -0.923. The van der Waals surface area contributed by atoms with E-state index in [2.05, 4.69) is 5.32 Å². The maximum absolute atomic E-state index is 14.2. The first-order valence-electron chi connectivity index (χ1n) is 7.30. The van der Waals surface area contributed by atoms with Gasteiger partial charge in [0.25, 0.3) is 5.91 Å². The summed E-state index contributed by atoms with van der Waals surface area (Å²) in [7, 11) is 0. The predicted molar refractivity (Wildman–Crippen MR) is 86.9 cm³/mol. The van der Waals surface area contributed by atoms with E-state index in [1.54, 1.807) is 26.8 Å². The van der Waals surface area contributed by atoms with Crippen LogP contribution in [-0.4, -0.2) is 17.0 Å². The molecule has 0 aliphatic carbocycles. The monoisotopic (exact) mass is 353 g/mol. The van der Waals surface area contributed by atoms with Crippen LogP contribution in [0.25, 0.3) is 0 Å². The number of amides is 1. The average molecular weight is 354 g/mol. The van der Waals surface area contributed by atoms with Gasteiger partial charge in [-0.2, -0.15) is 0 Å². The number of hydrogen-bond acceptors (Lipinski definition) is 3. The quantitative estimate of drug-likeness (QED) is 0.851. The van der Waals surface area contributed by atoms with E-state index in [4.69, 9.17) is 21.1 Å². The number of halogens is 2. The van der Waals surface area contributed by atoms with Crippen LogP contribution < -0.4 is 5.32 Å². The number of aryl methyl sites for hydroxylation is 1. The molecule has 0 fully saturated rings. The summed E-state index contributed by atoms with van der Waals surface area (Å²) in [6.07, 6.45) is 0.335. The van der Waals surface area contributed by atoms with E-state index in [0.717, 1.165) is 0 Å². The summed E-state index contributed by atoms with van der Waals surface area (Å²) in [5.74, 6) is -2.36. The number of carbonyl (C=O) groups excluding carboxylic acids is 1. The lowest BCUT2D eigenvalue weighted by molar-refractivity contribution is 0.0694. The van der Waals surface area contributed by atoms with Crippen molar-refractivity contribution in [2.75, 3.05) is 0 Å². The van der Waals surface area contributed by atoms with Gasteiger partial charge in [0.05, 0.1) is 10.6 Å². The van der Waals surface area contributed by atoms with Gasteiger partial charge in [0, 0.05) is 18.1 Å². The summed E-state index contributed by atoms with van der Waals surface area (Å²) in [6.45, 7) is 4.95. The van der Waals surface area contributed by atoms with Crippen molar-refractivity contribution in [2.24, 2.45) is 0 Å². The van der Waals surface area contributed by atoms with Crippen LogP contribution in [-0.2, 0) is 12.0 Å². The second-order valence-corrected chi connectivity index (χ2v) is 6.19. The Kier molecular flexibility index (Phi) is 4.99. The number of carbonyl (C=O) groups is 2. The Balaban J connectivity index is 2.31. The fourth-order valence-electron chi connectivity index (χ4n) is 2.38. The number of nitrogens with one attached hydrogen (secondary N) is 1. The minimum atomic E-state index is -1.17. The van der Waals surface area contributed by atoms with Gasteiger partial charge < -0.3 is 14.8 Å². The molecule has 0 spiro atoms. The molecule has 5 nitrogen and oxygen atoms in total. The van der Waals surface area contributed by atoms with E-state index in [1.165, 1.54) is 18.2 Å². The lowest BCUT2D eigenvalue weighted by Gasteiger charge is -2.27. The third kappa shape index (κ3) is 3.43. The third-order valence-corrected chi connectivity index (χ3v) is 3.93. The van der Waals surface area contributed by atoms with Gasteiger partial charge in [-0.05, 0) is 19.9 Å². The minimum absolute atomic E-state index is 0.0470. The van der Waals surface area contributed by atoms with Gasteiger partial charge >= 0.3 is 5.97 Å². The highest BCUT2D eigenvalue weighted by molar-refractivity contribution is 6.30. The minimum Gasteiger partial charge on any atom is -0.478 e. The van der Waals surface area contributed by atoms with Crippen molar-refractivity contribution in [3.63, 3.8) is 0 Å². The molecule has 2 aromatic rings. The van der Waals surface area contributed by atoms with Crippen molar-refractivity contribution in [1.29, 1.82) is 0 Å². The van der Waals surface area contributed by atoms with Gasteiger partial charge in [-0.25, -0.2) is 9.18 Å². The van der Waals surface area contributed by atoms with Crippen molar-refractivity contribution >= 4 is 23.5 Å². The second-order valence-electron chi connectivity index (χ2n) is 5.79. The highest BCUT2D eigenvalue weighted by Gasteiger charge is 2.29. The van der Waals surface area contributed by atoms with Crippen LogP contribution >= 0.6 is 11.6 Å². The summed E-state index contributed by atoms with van der Waals surface area (Å²) in [4.78, 5) is 23.5. The van der Waals surface area contributed by atoms with Crippen LogP contribution in [0.3, 0.4) is 0 Å². The second kappa shape index (κ2) is 6.65. The average Bonchev–Trinajstić information content (AvgIpc) is 2.94. The molecule has 7 heteroatoms. The summed E-state index contributed by atoms with van der Waals surface area (Å²) in [6, 6.07) is 5.68. The normalized spacial score (nSPS) is 11.4. The number of benzene rings is 1. The maximum Gasteiger partial charge on any atom is 0.339 e. The van der Waals surface area contributed by atoms with E-state index in [0.29, 0.717) is 6.42 Å². The molecule has 1 amide bonds. The number of furan rings is 1. The van der Waals surface area contributed by atoms with Crippen LogP contribution in [0.4, 0.5) is 4.39 Å². The Morgan fingerprint density at radius 3 is 2.58 bits per heavy atom. The van der Waals surface area contributed by atoms with Gasteiger partial charge in [0.2, 0.25) is 0 Å². The molecule has 1 aromatic heterocycles. The van der Waals surface area contributed by atoms with Crippen molar-refractivity contribution < 1.29 is 23.5 Å². The highest BCUT2D eigenvalue weighted by atomic mass is 35.5. The van der Waals surface area contributed by atoms with Crippen molar-refractivity contribution in [2.45, 2.75) is 32.7 Å². The molecule has 0 atom stereocenters. The molecule has 0 saturated heterocycles. The Bertz CT molecular complexity index is 798. The van der Waals surface area contributed by atoms with Gasteiger partial charge in [0.1, 0.15) is 17.1 Å². The summed E-state index contributed by atoms with van der Waals surface area (Å²) >= 11 is 5.78. The highest BCUT2D eigenvalue weighted by Crippen LogP contribution is 2.28. The lowest BCUT2D eigenvalue weighted by Crippen LogP contribution is -2.41. The molecule has 24 heavy (non-hydrogen) atoms. The molecule has 2 N–H and O–H groups in total. The van der Waals surface area contributed by atoms with Crippen LogP contribution in [0.5, 0.6) is 0 Å².